The van der Waals surface area contributed by atoms with E-state index in [1.165, 1.54) is 0 Å². The molecule has 10 heteroatoms. The zero-order valence-electron chi connectivity index (χ0n) is 17.8. The lowest BCUT2D eigenvalue weighted by atomic mass is 9.83. The fourth-order valence-electron chi connectivity index (χ4n) is 5.15. The Kier molecular flexibility index (Phi) is 7.11. The van der Waals surface area contributed by atoms with Crippen molar-refractivity contribution in [2.24, 2.45) is 5.92 Å². The lowest BCUT2D eigenvalue weighted by molar-refractivity contribution is -0.169. The summed E-state index contributed by atoms with van der Waals surface area (Å²) in [6.07, 6.45) is -4.47. The molecular formula is C22H32F3N3O4. The van der Waals surface area contributed by atoms with Crippen LogP contribution in [0.2, 0.25) is 0 Å². The van der Waals surface area contributed by atoms with Crippen LogP contribution in [-0.4, -0.2) is 62.1 Å². The maximum atomic E-state index is 14.6. The molecule has 5 atom stereocenters. The van der Waals surface area contributed by atoms with E-state index in [0.717, 1.165) is 5.56 Å². The number of nitrogens with zero attached hydrogens (tertiary/aromatic N) is 1. The molecule has 1 aliphatic carbocycles. The number of fused-ring (bicyclic) bond motifs is 1. The van der Waals surface area contributed by atoms with E-state index >= 15 is 0 Å². The van der Waals surface area contributed by atoms with Gasteiger partial charge in [0.05, 0.1) is 6.04 Å². The van der Waals surface area contributed by atoms with Crippen LogP contribution in [0.3, 0.4) is 0 Å². The highest BCUT2D eigenvalue weighted by Gasteiger charge is 2.47. The number of rotatable bonds is 6. The summed E-state index contributed by atoms with van der Waals surface area (Å²) in [5.41, 5.74) is 2.18. The van der Waals surface area contributed by atoms with Gasteiger partial charge >= 0.3 is 0 Å². The number of nitrogens with one attached hydrogen (secondary N) is 2. The summed E-state index contributed by atoms with van der Waals surface area (Å²) in [4.78, 5) is 1.75. The Balaban J connectivity index is 1.36. The maximum Gasteiger partial charge on any atom is 0.289 e. The van der Waals surface area contributed by atoms with Gasteiger partial charge in [-0.15, -0.1) is 0 Å². The first-order valence-corrected chi connectivity index (χ1v) is 11.3. The fraction of sp³-hybridized carbons (Fsp3) is 0.727. The average molecular weight is 460 g/mol. The van der Waals surface area contributed by atoms with Gasteiger partial charge < -0.3 is 20.4 Å². The largest absolute Gasteiger partial charge is 0.379 e. The Bertz CT molecular complexity index is 794. The smallest absolute Gasteiger partial charge is 0.289 e. The molecule has 2 heterocycles. The van der Waals surface area contributed by atoms with E-state index in [1.807, 2.05) is 0 Å². The van der Waals surface area contributed by atoms with Gasteiger partial charge in [0.1, 0.15) is 24.9 Å². The summed E-state index contributed by atoms with van der Waals surface area (Å²) in [5, 5.41) is 45.8. The third kappa shape index (κ3) is 4.82. The van der Waals surface area contributed by atoms with Crippen molar-refractivity contribution in [2.45, 2.75) is 94.7 Å². The predicted octanol–water partition coefficient (Wildman–Crippen LogP) is 1.45. The van der Waals surface area contributed by atoms with E-state index in [0.29, 0.717) is 30.5 Å². The summed E-state index contributed by atoms with van der Waals surface area (Å²) in [7, 11) is 0. The number of aliphatic hydroxyl groups is 4. The highest BCUT2D eigenvalue weighted by Crippen LogP contribution is 2.39. The summed E-state index contributed by atoms with van der Waals surface area (Å²) >= 11 is 0. The number of hydrogen-bond donors (Lipinski definition) is 6. The van der Waals surface area contributed by atoms with E-state index in [1.54, 1.807) is 23.1 Å². The van der Waals surface area contributed by atoms with Gasteiger partial charge in [-0.25, -0.2) is 13.2 Å². The molecule has 1 saturated heterocycles. The minimum absolute atomic E-state index is 0.0123. The van der Waals surface area contributed by atoms with Crippen LogP contribution in [0.4, 0.5) is 13.2 Å². The number of halogens is 3. The van der Waals surface area contributed by atoms with Crippen LogP contribution in [0, 0.1) is 5.92 Å². The van der Waals surface area contributed by atoms with Crippen LogP contribution in [0.25, 0.3) is 0 Å². The van der Waals surface area contributed by atoms with Crippen LogP contribution >= 0.6 is 0 Å². The first kappa shape index (κ1) is 23.9. The standard InChI is InChI=1S/C22H32F3N3O4/c23-15-4-2-14(3-5-15)22(24,25)21(32)26-10-12-1-6-16-13(9-12)11-28(20(16)31)17-7-8-18(29)27-19(17)30/h1,6,9,14-15,17-21,26-27,29-32H,2-5,7-8,10-11H2/t14?,15?,17?,18-,19+,20-,21-/m0/s1. The van der Waals surface area contributed by atoms with Crippen molar-refractivity contribution in [3.63, 3.8) is 0 Å². The van der Waals surface area contributed by atoms with Gasteiger partial charge in [-0.3, -0.25) is 15.5 Å². The third-order valence-electron chi connectivity index (χ3n) is 7.11. The zero-order chi connectivity index (χ0) is 23.0. The van der Waals surface area contributed by atoms with E-state index in [-0.39, 0.29) is 38.3 Å². The minimum atomic E-state index is -3.35. The Labute approximate surface area is 185 Å². The van der Waals surface area contributed by atoms with Crippen LogP contribution in [0.1, 0.15) is 61.4 Å². The molecule has 2 aliphatic heterocycles. The Morgan fingerprint density at radius 3 is 2.50 bits per heavy atom. The molecule has 0 spiro atoms. The second-order valence-electron chi connectivity index (χ2n) is 9.26. The first-order chi connectivity index (χ1) is 15.2. The molecule has 0 bridgehead atoms. The fourth-order valence-corrected chi connectivity index (χ4v) is 5.15. The van der Waals surface area contributed by atoms with Crippen molar-refractivity contribution in [3.05, 3.63) is 34.9 Å². The topological polar surface area (TPSA) is 108 Å². The monoisotopic (exact) mass is 459 g/mol. The summed E-state index contributed by atoms with van der Waals surface area (Å²) < 4.78 is 42.5. The van der Waals surface area contributed by atoms with Crippen LogP contribution in [0.15, 0.2) is 18.2 Å². The van der Waals surface area contributed by atoms with Crippen LogP contribution < -0.4 is 10.6 Å². The second kappa shape index (κ2) is 9.54. The van der Waals surface area contributed by atoms with Gasteiger partial charge in [-0.2, -0.15) is 0 Å². The van der Waals surface area contributed by atoms with Crippen molar-refractivity contribution in [1.82, 2.24) is 15.5 Å². The van der Waals surface area contributed by atoms with Crippen molar-refractivity contribution >= 4 is 0 Å². The van der Waals surface area contributed by atoms with Gasteiger partial charge in [0.25, 0.3) is 5.92 Å². The van der Waals surface area contributed by atoms with E-state index in [2.05, 4.69) is 10.6 Å². The molecule has 7 nitrogen and oxygen atoms in total. The Morgan fingerprint density at radius 1 is 1.09 bits per heavy atom. The molecule has 0 amide bonds. The molecule has 1 saturated carbocycles. The number of benzene rings is 1. The SMILES string of the molecule is O[C@H](NCc1ccc2c(c1)CN(C1CC[C@H](O)N[C@@H]1O)[C@H]2O)C(F)(F)C1CCC(F)CC1. The Hall–Kier alpha value is -1.27. The second-order valence-corrected chi connectivity index (χ2v) is 9.26. The number of aliphatic hydroxyl groups excluding tert-OH is 4. The zero-order valence-corrected chi connectivity index (χ0v) is 17.8. The van der Waals surface area contributed by atoms with Crippen LogP contribution in [0.5, 0.6) is 0 Å². The van der Waals surface area contributed by atoms with Crippen molar-refractivity contribution < 1.29 is 33.6 Å². The van der Waals surface area contributed by atoms with Gasteiger partial charge in [-0.1, -0.05) is 18.2 Å². The van der Waals surface area contributed by atoms with Gasteiger partial charge in [0, 0.05) is 19.0 Å². The predicted molar refractivity (Wildman–Crippen MR) is 110 cm³/mol. The van der Waals surface area contributed by atoms with Gasteiger partial charge in [-0.05, 0) is 55.2 Å². The molecule has 6 N–H and O–H groups in total. The maximum absolute atomic E-state index is 14.6. The number of alkyl halides is 3. The molecule has 0 radical (unpaired) electrons. The molecule has 2 fully saturated rings. The molecule has 32 heavy (non-hydrogen) atoms. The molecule has 1 aromatic rings. The van der Waals surface area contributed by atoms with Gasteiger partial charge in [0.2, 0.25) is 0 Å². The van der Waals surface area contributed by atoms with Gasteiger partial charge in [0.15, 0.2) is 6.23 Å². The Morgan fingerprint density at radius 2 is 1.81 bits per heavy atom. The van der Waals surface area contributed by atoms with E-state index in [4.69, 9.17) is 0 Å². The third-order valence-corrected chi connectivity index (χ3v) is 7.11. The van der Waals surface area contributed by atoms with Crippen molar-refractivity contribution in [1.29, 1.82) is 0 Å². The van der Waals surface area contributed by atoms with E-state index < -0.39 is 42.9 Å². The van der Waals surface area contributed by atoms with Crippen molar-refractivity contribution in [2.75, 3.05) is 0 Å². The highest BCUT2D eigenvalue weighted by molar-refractivity contribution is 5.36. The molecule has 1 aromatic carbocycles. The summed E-state index contributed by atoms with van der Waals surface area (Å²) in [6, 6.07) is 4.85. The quantitative estimate of drug-likeness (QED) is 0.358. The minimum Gasteiger partial charge on any atom is -0.379 e. The molecule has 0 aromatic heterocycles. The van der Waals surface area contributed by atoms with Crippen molar-refractivity contribution in [3.8, 4) is 0 Å². The summed E-state index contributed by atoms with van der Waals surface area (Å²) in [6.45, 7) is 0.382. The number of piperidine rings is 1. The molecule has 1 unspecified atom stereocenters. The molecule has 4 rings (SSSR count). The molecular weight excluding hydrogens is 427 g/mol. The number of hydrogen-bond acceptors (Lipinski definition) is 7. The lowest BCUT2D eigenvalue weighted by Gasteiger charge is -2.39. The van der Waals surface area contributed by atoms with Crippen LogP contribution in [-0.2, 0) is 13.1 Å². The summed E-state index contributed by atoms with van der Waals surface area (Å²) in [5.74, 6) is -4.40. The highest BCUT2D eigenvalue weighted by atomic mass is 19.3. The molecule has 3 aliphatic rings. The molecule has 180 valence electrons. The first-order valence-electron chi connectivity index (χ1n) is 11.3. The average Bonchev–Trinajstić information content (AvgIpc) is 3.08. The van der Waals surface area contributed by atoms with E-state index in [9.17, 15) is 33.6 Å². The lowest BCUT2D eigenvalue weighted by Crippen LogP contribution is -2.56. The normalized spacial score (nSPS) is 35.0.